The van der Waals surface area contributed by atoms with Crippen LogP contribution in [0.5, 0.6) is 11.5 Å². The third-order valence-corrected chi connectivity index (χ3v) is 2.46. The van der Waals surface area contributed by atoms with Gasteiger partial charge in [0.05, 0.1) is 5.56 Å². The molecule has 3 nitrogen and oxygen atoms in total. The first-order valence-electron chi connectivity index (χ1n) is 5.33. The van der Waals surface area contributed by atoms with Gasteiger partial charge in [0.25, 0.3) is 0 Å². The smallest absolute Gasteiger partial charge is 0.335 e. The molecule has 4 heteroatoms. The van der Waals surface area contributed by atoms with Gasteiger partial charge < -0.3 is 9.84 Å². The van der Waals surface area contributed by atoms with Crippen molar-refractivity contribution in [2.75, 3.05) is 0 Å². The van der Waals surface area contributed by atoms with E-state index in [0.29, 0.717) is 17.1 Å². The summed E-state index contributed by atoms with van der Waals surface area (Å²) in [5, 5.41) is 8.89. The van der Waals surface area contributed by atoms with E-state index in [4.69, 9.17) is 9.84 Å². The fraction of sp³-hybridized carbons (Fsp3) is 0.0714. The van der Waals surface area contributed by atoms with Crippen LogP contribution in [0.1, 0.15) is 15.9 Å². The van der Waals surface area contributed by atoms with E-state index in [-0.39, 0.29) is 11.4 Å². The Morgan fingerprint density at radius 1 is 1.17 bits per heavy atom. The van der Waals surface area contributed by atoms with Gasteiger partial charge in [-0.1, -0.05) is 6.07 Å². The Hall–Kier alpha value is -2.36. The Kier molecular flexibility index (Phi) is 3.28. The van der Waals surface area contributed by atoms with Crippen LogP contribution in [0.25, 0.3) is 0 Å². The molecule has 1 N–H and O–H groups in total. The predicted molar refractivity (Wildman–Crippen MR) is 64.6 cm³/mol. The Bertz CT molecular complexity index is 593. The number of ether oxygens (including phenoxy) is 1. The number of carboxylic acids is 1. The fourth-order valence-corrected chi connectivity index (χ4v) is 1.61. The van der Waals surface area contributed by atoms with Crippen molar-refractivity contribution >= 4 is 5.97 Å². The van der Waals surface area contributed by atoms with Crippen LogP contribution in [-0.4, -0.2) is 11.1 Å². The zero-order chi connectivity index (χ0) is 13.1. The van der Waals surface area contributed by atoms with E-state index in [0.717, 1.165) is 0 Å². The highest BCUT2D eigenvalue weighted by Crippen LogP contribution is 2.24. The molecule has 0 fully saturated rings. The number of hydrogen-bond donors (Lipinski definition) is 1. The monoisotopic (exact) mass is 246 g/mol. The summed E-state index contributed by atoms with van der Waals surface area (Å²) in [7, 11) is 0. The SMILES string of the molecule is Cc1cc(Oc2cccc(F)c2)ccc1C(=O)O. The number of aromatic carboxylic acids is 1. The summed E-state index contributed by atoms with van der Waals surface area (Å²) in [5.74, 6) is -0.517. The van der Waals surface area contributed by atoms with Crippen molar-refractivity contribution in [1.82, 2.24) is 0 Å². The molecule has 0 bridgehead atoms. The zero-order valence-corrected chi connectivity index (χ0v) is 9.68. The molecule has 0 heterocycles. The maximum Gasteiger partial charge on any atom is 0.335 e. The number of halogens is 1. The summed E-state index contributed by atoms with van der Waals surface area (Å²) in [5.41, 5.74) is 0.818. The van der Waals surface area contributed by atoms with Crippen LogP contribution in [0, 0.1) is 12.7 Å². The zero-order valence-electron chi connectivity index (χ0n) is 9.68. The lowest BCUT2D eigenvalue weighted by Gasteiger charge is -2.07. The Morgan fingerprint density at radius 2 is 1.89 bits per heavy atom. The summed E-state index contributed by atoms with van der Waals surface area (Å²) in [6.07, 6.45) is 0. The van der Waals surface area contributed by atoms with Crippen LogP contribution in [0.4, 0.5) is 4.39 Å². The van der Waals surface area contributed by atoms with Crippen LogP contribution in [0.2, 0.25) is 0 Å². The lowest BCUT2D eigenvalue weighted by Crippen LogP contribution is -1.99. The van der Waals surface area contributed by atoms with Crippen molar-refractivity contribution in [3.05, 3.63) is 59.4 Å². The summed E-state index contributed by atoms with van der Waals surface area (Å²) in [6, 6.07) is 10.4. The second-order valence-corrected chi connectivity index (χ2v) is 3.84. The molecule has 0 saturated heterocycles. The molecule has 0 aliphatic carbocycles. The molecule has 2 aromatic rings. The van der Waals surface area contributed by atoms with E-state index in [2.05, 4.69) is 0 Å². The minimum atomic E-state index is -0.982. The Morgan fingerprint density at radius 3 is 2.50 bits per heavy atom. The quantitative estimate of drug-likeness (QED) is 0.899. The van der Waals surface area contributed by atoms with Crippen molar-refractivity contribution in [2.24, 2.45) is 0 Å². The molecule has 0 unspecified atom stereocenters. The molecule has 0 aliphatic heterocycles. The van der Waals surface area contributed by atoms with Crippen LogP contribution in [0.3, 0.4) is 0 Å². The first-order chi connectivity index (χ1) is 8.56. The van der Waals surface area contributed by atoms with Crippen molar-refractivity contribution in [3.63, 3.8) is 0 Å². The number of carboxylic acid groups (broad SMARTS) is 1. The Balaban J connectivity index is 2.25. The highest BCUT2D eigenvalue weighted by molar-refractivity contribution is 5.89. The molecular weight excluding hydrogens is 235 g/mol. The Labute approximate surface area is 103 Å². The van der Waals surface area contributed by atoms with Crippen molar-refractivity contribution in [3.8, 4) is 11.5 Å². The third-order valence-electron chi connectivity index (χ3n) is 2.46. The number of aryl methyl sites for hydroxylation is 1. The minimum Gasteiger partial charge on any atom is -0.478 e. The summed E-state index contributed by atoms with van der Waals surface area (Å²) in [6.45, 7) is 1.68. The minimum absolute atomic E-state index is 0.224. The largest absolute Gasteiger partial charge is 0.478 e. The van der Waals surface area contributed by atoms with Gasteiger partial charge in [0.15, 0.2) is 0 Å². The van der Waals surface area contributed by atoms with Gasteiger partial charge in [0.1, 0.15) is 17.3 Å². The molecule has 0 saturated carbocycles. The summed E-state index contributed by atoms with van der Waals surface area (Å²) >= 11 is 0. The van der Waals surface area contributed by atoms with E-state index >= 15 is 0 Å². The standard InChI is InChI=1S/C14H11FO3/c1-9-7-12(5-6-13(9)14(16)17)18-11-4-2-3-10(15)8-11/h2-8H,1H3,(H,16,17). The topological polar surface area (TPSA) is 46.5 Å². The molecule has 92 valence electrons. The highest BCUT2D eigenvalue weighted by Gasteiger charge is 2.08. The maximum atomic E-state index is 13.0. The summed E-state index contributed by atoms with van der Waals surface area (Å²) in [4.78, 5) is 10.8. The highest BCUT2D eigenvalue weighted by atomic mass is 19.1. The normalized spacial score (nSPS) is 10.1. The molecule has 0 spiro atoms. The van der Waals surface area contributed by atoms with Gasteiger partial charge in [-0.05, 0) is 42.8 Å². The predicted octanol–water partition coefficient (Wildman–Crippen LogP) is 3.62. The molecular formula is C14H11FO3. The lowest BCUT2D eigenvalue weighted by atomic mass is 10.1. The van der Waals surface area contributed by atoms with Crippen LogP contribution < -0.4 is 4.74 Å². The molecule has 18 heavy (non-hydrogen) atoms. The molecule has 2 rings (SSSR count). The van der Waals surface area contributed by atoms with Crippen LogP contribution in [0.15, 0.2) is 42.5 Å². The fourth-order valence-electron chi connectivity index (χ4n) is 1.61. The van der Waals surface area contributed by atoms with E-state index in [1.807, 2.05) is 0 Å². The van der Waals surface area contributed by atoms with Crippen LogP contribution in [-0.2, 0) is 0 Å². The van der Waals surface area contributed by atoms with Gasteiger partial charge in [-0.2, -0.15) is 0 Å². The number of rotatable bonds is 3. The molecule has 0 aliphatic rings. The second-order valence-electron chi connectivity index (χ2n) is 3.84. The van der Waals surface area contributed by atoms with Crippen molar-refractivity contribution in [1.29, 1.82) is 0 Å². The average Bonchev–Trinajstić information content (AvgIpc) is 2.28. The van der Waals surface area contributed by atoms with Gasteiger partial charge in [-0.3, -0.25) is 0 Å². The van der Waals surface area contributed by atoms with Gasteiger partial charge in [0, 0.05) is 6.07 Å². The molecule has 0 atom stereocenters. The van der Waals surface area contributed by atoms with Gasteiger partial charge >= 0.3 is 5.97 Å². The molecule has 2 aromatic carbocycles. The van der Waals surface area contributed by atoms with Gasteiger partial charge in [0.2, 0.25) is 0 Å². The van der Waals surface area contributed by atoms with E-state index in [9.17, 15) is 9.18 Å². The first-order valence-corrected chi connectivity index (χ1v) is 5.33. The first kappa shape index (κ1) is 12.1. The maximum absolute atomic E-state index is 13.0. The van der Waals surface area contributed by atoms with Crippen LogP contribution >= 0.6 is 0 Å². The summed E-state index contributed by atoms with van der Waals surface area (Å²) < 4.78 is 18.4. The van der Waals surface area contributed by atoms with Gasteiger partial charge in [-0.25, -0.2) is 9.18 Å². The van der Waals surface area contributed by atoms with Gasteiger partial charge in [-0.15, -0.1) is 0 Å². The second kappa shape index (κ2) is 4.87. The molecule has 0 amide bonds. The lowest BCUT2D eigenvalue weighted by molar-refractivity contribution is 0.0696. The van der Waals surface area contributed by atoms with Crippen molar-refractivity contribution < 1.29 is 19.0 Å². The number of benzene rings is 2. The average molecular weight is 246 g/mol. The number of hydrogen-bond acceptors (Lipinski definition) is 2. The van der Waals surface area contributed by atoms with E-state index in [1.165, 1.54) is 18.2 Å². The molecule has 0 radical (unpaired) electrons. The number of carbonyl (C=O) groups is 1. The molecule has 0 aromatic heterocycles. The third kappa shape index (κ3) is 2.66. The van der Waals surface area contributed by atoms with E-state index in [1.54, 1.807) is 31.2 Å². The van der Waals surface area contributed by atoms with E-state index < -0.39 is 5.97 Å². The van der Waals surface area contributed by atoms with Crippen molar-refractivity contribution in [2.45, 2.75) is 6.92 Å².